The average molecular weight is 226 g/mol. The Labute approximate surface area is 99.1 Å². The van der Waals surface area contributed by atoms with Crippen molar-refractivity contribution in [3.63, 3.8) is 0 Å². The van der Waals surface area contributed by atoms with Gasteiger partial charge in [0.15, 0.2) is 0 Å². The van der Waals surface area contributed by atoms with Gasteiger partial charge in [-0.25, -0.2) is 0 Å². The van der Waals surface area contributed by atoms with Gasteiger partial charge in [-0.3, -0.25) is 0 Å². The maximum atomic E-state index is 11.7. The SMILES string of the molecule is FOC=Cc1cccc2c1Cc1ccccc1-2. The van der Waals surface area contributed by atoms with E-state index >= 15 is 0 Å². The second-order valence-corrected chi connectivity index (χ2v) is 4.10. The molecule has 2 aromatic carbocycles. The molecule has 0 aromatic heterocycles. The predicted molar refractivity (Wildman–Crippen MR) is 65.9 cm³/mol. The van der Waals surface area contributed by atoms with Crippen molar-refractivity contribution in [2.45, 2.75) is 6.42 Å². The van der Waals surface area contributed by atoms with E-state index in [0.717, 1.165) is 18.2 Å². The van der Waals surface area contributed by atoms with Crippen molar-refractivity contribution in [3.05, 3.63) is 65.4 Å². The molecule has 0 amide bonds. The first-order valence-electron chi connectivity index (χ1n) is 5.54. The molecule has 0 atom stereocenters. The summed E-state index contributed by atoms with van der Waals surface area (Å²) in [4.78, 5) is 3.50. The Kier molecular flexibility index (Phi) is 2.41. The van der Waals surface area contributed by atoms with Crippen LogP contribution in [-0.4, -0.2) is 0 Å². The minimum Gasteiger partial charge on any atom is -0.302 e. The van der Waals surface area contributed by atoms with Crippen LogP contribution in [0.3, 0.4) is 0 Å². The molecule has 0 aliphatic heterocycles. The van der Waals surface area contributed by atoms with E-state index in [1.807, 2.05) is 24.3 Å². The van der Waals surface area contributed by atoms with Crippen molar-refractivity contribution in [2.24, 2.45) is 0 Å². The molecule has 2 heteroatoms. The van der Waals surface area contributed by atoms with Gasteiger partial charge in [0.05, 0.1) is 0 Å². The van der Waals surface area contributed by atoms with E-state index in [9.17, 15) is 4.53 Å². The number of rotatable bonds is 2. The standard InChI is InChI=1S/C15H11FO/c16-17-9-8-11-5-3-7-14-13-6-2-1-4-12(13)10-15(11)14/h1-9H,10H2. The Morgan fingerprint density at radius 1 is 1.00 bits per heavy atom. The fraction of sp³-hybridized carbons (Fsp3) is 0.0667. The molecule has 1 aliphatic carbocycles. The van der Waals surface area contributed by atoms with Gasteiger partial charge < -0.3 is 4.94 Å². The molecule has 2 aromatic rings. The lowest BCUT2D eigenvalue weighted by molar-refractivity contribution is -0.0603. The molecule has 17 heavy (non-hydrogen) atoms. The van der Waals surface area contributed by atoms with Gasteiger partial charge in [-0.15, -0.1) is 0 Å². The lowest BCUT2D eigenvalue weighted by Gasteiger charge is -2.03. The summed E-state index contributed by atoms with van der Waals surface area (Å²) >= 11 is 0. The molecule has 1 nitrogen and oxygen atoms in total. The maximum Gasteiger partial charge on any atom is 0.136 e. The Morgan fingerprint density at radius 2 is 1.82 bits per heavy atom. The first kappa shape index (κ1) is 10.1. The van der Waals surface area contributed by atoms with E-state index in [2.05, 4.69) is 23.1 Å². The highest BCUT2D eigenvalue weighted by Crippen LogP contribution is 2.38. The summed E-state index contributed by atoms with van der Waals surface area (Å²) < 4.78 is 11.7. The Balaban J connectivity index is 2.14. The zero-order valence-electron chi connectivity index (χ0n) is 9.19. The van der Waals surface area contributed by atoms with Gasteiger partial charge >= 0.3 is 0 Å². The first-order valence-corrected chi connectivity index (χ1v) is 5.54. The molecule has 84 valence electrons. The molecular weight excluding hydrogens is 215 g/mol. The Morgan fingerprint density at radius 3 is 2.71 bits per heavy atom. The van der Waals surface area contributed by atoms with Gasteiger partial charge in [-0.2, -0.15) is 0 Å². The summed E-state index contributed by atoms with van der Waals surface area (Å²) in [5.41, 5.74) is 6.09. The largest absolute Gasteiger partial charge is 0.302 e. The number of hydrogen-bond donors (Lipinski definition) is 0. The van der Waals surface area contributed by atoms with E-state index in [1.54, 1.807) is 6.08 Å². The molecule has 0 spiro atoms. The second kappa shape index (κ2) is 4.06. The summed E-state index contributed by atoms with van der Waals surface area (Å²) in [6.45, 7) is 0. The first-order chi connectivity index (χ1) is 8.40. The summed E-state index contributed by atoms with van der Waals surface area (Å²) in [7, 11) is 0. The number of fused-ring (bicyclic) bond motifs is 3. The third kappa shape index (κ3) is 1.62. The molecule has 0 bridgehead atoms. The predicted octanol–water partition coefficient (Wildman–Crippen LogP) is 4.13. The Bertz CT molecular complexity index is 587. The van der Waals surface area contributed by atoms with Gasteiger partial charge in [-0.05, 0) is 40.3 Å². The van der Waals surface area contributed by atoms with Crippen LogP contribution >= 0.6 is 0 Å². The van der Waals surface area contributed by atoms with Crippen molar-refractivity contribution in [3.8, 4) is 11.1 Å². The molecular formula is C15H11FO. The topological polar surface area (TPSA) is 9.23 Å². The normalized spacial score (nSPS) is 12.5. The minimum absolute atomic E-state index is 0.901. The third-order valence-corrected chi connectivity index (χ3v) is 3.19. The fourth-order valence-electron chi connectivity index (χ4n) is 2.44. The van der Waals surface area contributed by atoms with Gasteiger partial charge in [0, 0.05) is 4.53 Å². The van der Waals surface area contributed by atoms with Crippen LogP contribution in [-0.2, 0) is 11.4 Å². The van der Waals surface area contributed by atoms with Crippen LogP contribution < -0.4 is 0 Å². The van der Waals surface area contributed by atoms with Gasteiger partial charge in [0.25, 0.3) is 0 Å². The van der Waals surface area contributed by atoms with Crippen molar-refractivity contribution in [1.82, 2.24) is 0 Å². The van der Waals surface area contributed by atoms with Gasteiger partial charge in [0.2, 0.25) is 0 Å². The van der Waals surface area contributed by atoms with Crippen molar-refractivity contribution < 1.29 is 9.47 Å². The zero-order valence-corrected chi connectivity index (χ0v) is 9.19. The van der Waals surface area contributed by atoms with E-state index in [-0.39, 0.29) is 0 Å². The maximum absolute atomic E-state index is 11.7. The van der Waals surface area contributed by atoms with Crippen LogP contribution in [0.1, 0.15) is 16.7 Å². The summed E-state index contributed by atoms with van der Waals surface area (Å²) in [5.74, 6) is 0. The average Bonchev–Trinajstić information content (AvgIpc) is 2.75. The van der Waals surface area contributed by atoms with Gasteiger partial charge in [0.1, 0.15) is 6.26 Å². The highest BCUT2D eigenvalue weighted by atomic mass is 19.3. The molecule has 0 heterocycles. The van der Waals surface area contributed by atoms with E-state index in [0.29, 0.717) is 0 Å². The molecule has 0 fully saturated rings. The fourth-order valence-corrected chi connectivity index (χ4v) is 2.44. The van der Waals surface area contributed by atoms with Crippen LogP contribution in [0.4, 0.5) is 4.53 Å². The molecule has 0 saturated carbocycles. The van der Waals surface area contributed by atoms with Crippen LogP contribution in [0.15, 0.2) is 48.7 Å². The summed E-state index contributed by atoms with van der Waals surface area (Å²) in [5, 5.41) is 0. The highest BCUT2D eigenvalue weighted by Gasteiger charge is 2.19. The monoisotopic (exact) mass is 226 g/mol. The van der Waals surface area contributed by atoms with E-state index in [4.69, 9.17) is 0 Å². The summed E-state index contributed by atoms with van der Waals surface area (Å²) in [6, 6.07) is 14.4. The van der Waals surface area contributed by atoms with Crippen LogP contribution in [0.5, 0.6) is 0 Å². The molecule has 0 N–H and O–H groups in total. The van der Waals surface area contributed by atoms with Crippen LogP contribution in [0, 0.1) is 0 Å². The smallest absolute Gasteiger partial charge is 0.136 e. The molecule has 1 aliphatic rings. The Hall–Kier alpha value is -2.09. The summed E-state index contributed by atoms with van der Waals surface area (Å²) in [6.07, 6.45) is 3.63. The number of benzene rings is 2. The molecule has 0 saturated heterocycles. The zero-order chi connectivity index (χ0) is 11.7. The molecule has 0 unspecified atom stereocenters. The lowest BCUT2D eigenvalue weighted by Crippen LogP contribution is -1.85. The van der Waals surface area contributed by atoms with Gasteiger partial charge in [-0.1, -0.05) is 42.5 Å². The lowest BCUT2D eigenvalue weighted by atomic mass is 10.0. The molecule has 0 radical (unpaired) electrons. The van der Waals surface area contributed by atoms with Crippen molar-refractivity contribution in [2.75, 3.05) is 0 Å². The second-order valence-electron chi connectivity index (χ2n) is 4.10. The third-order valence-electron chi connectivity index (χ3n) is 3.19. The number of halogens is 1. The van der Waals surface area contributed by atoms with Crippen molar-refractivity contribution in [1.29, 1.82) is 0 Å². The molecule has 3 rings (SSSR count). The quantitative estimate of drug-likeness (QED) is 0.597. The van der Waals surface area contributed by atoms with Crippen molar-refractivity contribution >= 4 is 6.08 Å². The number of hydrogen-bond acceptors (Lipinski definition) is 1. The van der Waals surface area contributed by atoms with E-state index < -0.39 is 0 Å². The minimum atomic E-state index is 0.901. The van der Waals surface area contributed by atoms with E-state index in [1.165, 1.54) is 22.3 Å². The van der Waals surface area contributed by atoms with Crippen LogP contribution in [0.2, 0.25) is 0 Å². The van der Waals surface area contributed by atoms with Crippen LogP contribution in [0.25, 0.3) is 17.2 Å². The highest BCUT2D eigenvalue weighted by molar-refractivity contribution is 5.80.